The minimum atomic E-state index is -0.870. The predicted octanol–water partition coefficient (Wildman–Crippen LogP) is 2.58. The summed E-state index contributed by atoms with van der Waals surface area (Å²) in [7, 11) is 0. The van der Waals surface area contributed by atoms with Crippen molar-refractivity contribution in [2.45, 2.75) is 13.8 Å². The number of hydrogen-bond donors (Lipinski definition) is 0. The van der Waals surface area contributed by atoms with Crippen molar-refractivity contribution >= 4 is 29.3 Å². The van der Waals surface area contributed by atoms with E-state index >= 15 is 0 Å². The molecule has 0 aliphatic carbocycles. The molecule has 5 nitrogen and oxygen atoms in total. The van der Waals surface area contributed by atoms with E-state index in [9.17, 15) is 14.4 Å². The molecule has 0 aliphatic heterocycles. The summed E-state index contributed by atoms with van der Waals surface area (Å²) in [5.41, 5.74) is -0.152. The van der Waals surface area contributed by atoms with Crippen LogP contribution in [-0.4, -0.2) is 30.9 Å². The monoisotopic (exact) mass is 310 g/mol. The van der Waals surface area contributed by atoms with Crippen molar-refractivity contribution in [2.75, 3.05) is 13.2 Å². The van der Waals surface area contributed by atoms with E-state index in [-0.39, 0.29) is 24.4 Å². The molecule has 0 unspecified atom stereocenters. The number of rotatable bonds is 6. The fraction of sp³-hybridized carbons (Fsp3) is 0.267. The Morgan fingerprint density at radius 3 is 2.14 bits per heavy atom. The minimum Gasteiger partial charge on any atom is -0.463 e. The first-order chi connectivity index (χ1) is 9.99. The molecule has 0 saturated heterocycles. The maximum absolute atomic E-state index is 12.3. The number of hydrogen-bond acceptors (Lipinski definition) is 5. The van der Waals surface area contributed by atoms with E-state index in [2.05, 4.69) is 0 Å². The van der Waals surface area contributed by atoms with E-state index in [1.807, 2.05) is 0 Å². The van der Waals surface area contributed by atoms with Crippen LogP contribution in [0, 0.1) is 0 Å². The van der Waals surface area contributed by atoms with Gasteiger partial charge in [0.1, 0.15) is 5.57 Å². The van der Waals surface area contributed by atoms with Gasteiger partial charge in [-0.3, -0.25) is 4.79 Å². The van der Waals surface area contributed by atoms with Gasteiger partial charge in [-0.05, 0) is 38.1 Å². The molecule has 112 valence electrons. The molecule has 0 aliphatic rings. The van der Waals surface area contributed by atoms with Gasteiger partial charge in [-0.1, -0.05) is 11.6 Å². The van der Waals surface area contributed by atoms with Gasteiger partial charge in [-0.15, -0.1) is 0 Å². The molecule has 0 atom stereocenters. The standard InChI is InChI=1S/C15H15ClO5/c1-3-20-13(17)9-12(15(19)21-4-2)14(18)10-5-7-11(16)8-6-10/h5-9H,3-4H2,1-2H3/b12-9+. The molecule has 0 fully saturated rings. The summed E-state index contributed by atoms with van der Waals surface area (Å²) < 4.78 is 9.50. The molecule has 0 amide bonds. The zero-order valence-electron chi connectivity index (χ0n) is 11.7. The fourth-order valence-corrected chi connectivity index (χ4v) is 1.61. The van der Waals surface area contributed by atoms with Gasteiger partial charge < -0.3 is 9.47 Å². The molecule has 0 radical (unpaired) electrons. The summed E-state index contributed by atoms with van der Waals surface area (Å²) in [5.74, 6) is -2.27. The van der Waals surface area contributed by atoms with Crippen LogP contribution in [0.15, 0.2) is 35.9 Å². The first kappa shape index (κ1) is 16.9. The maximum Gasteiger partial charge on any atom is 0.342 e. The minimum absolute atomic E-state index is 0.0902. The number of Topliss-reactive ketones (excluding diaryl/α,β-unsaturated/α-hetero) is 1. The second kappa shape index (κ2) is 8.21. The maximum atomic E-state index is 12.3. The number of carbonyl (C=O) groups is 3. The highest BCUT2D eigenvalue weighted by atomic mass is 35.5. The van der Waals surface area contributed by atoms with Gasteiger partial charge in [0.25, 0.3) is 0 Å². The molecule has 0 bridgehead atoms. The Labute approximate surface area is 127 Å². The van der Waals surface area contributed by atoms with E-state index in [4.69, 9.17) is 21.1 Å². The molecule has 0 aromatic heterocycles. The number of carbonyl (C=O) groups excluding carboxylic acids is 3. The van der Waals surface area contributed by atoms with Crippen molar-refractivity contribution < 1.29 is 23.9 Å². The van der Waals surface area contributed by atoms with E-state index in [1.165, 1.54) is 24.3 Å². The second-order valence-corrected chi connectivity index (χ2v) is 4.30. The Kier molecular flexibility index (Phi) is 6.62. The van der Waals surface area contributed by atoms with Crippen molar-refractivity contribution in [3.63, 3.8) is 0 Å². The van der Waals surface area contributed by atoms with Crippen LogP contribution in [0.1, 0.15) is 24.2 Å². The lowest BCUT2D eigenvalue weighted by Gasteiger charge is -2.06. The second-order valence-electron chi connectivity index (χ2n) is 3.87. The fourth-order valence-electron chi connectivity index (χ4n) is 1.48. The molecule has 1 aromatic rings. The lowest BCUT2D eigenvalue weighted by atomic mass is 10.0. The van der Waals surface area contributed by atoms with E-state index in [0.29, 0.717) is 5.02 Å². The normalized spacial score (nSPS) is 10.9. The molecule has 1 rings (SSSR count). The summed E-state index contributed by atoms with van der Waals surface area (Å²) in [6, 6.07) is 5.95. The number of ketones is 1. The third kappa shape index (κ3) is 5.04. The number of halogens is 1. The van der Waals surface area contributed by atoms with E-state index < -0.39 is 17.7 Å². The van der Waals surface area contributed by atoms with Gasteiger partial charge in [-0.25, -0.2) is 9.59 Å². The Bertz CT molecular complexity index is 560. The van der Waals surface area contributed by atoms with E-state index in [0.717, 1.165) is 6.08 Å². The van der Waals surface area contributed by atoms with Gasteiger partial charge in [0.05, 0.1) is 13.2 Å². The van der Waals surface area contributed by atoms with Crippen molar-refractivity contribution in [3.8, 4) is 0 Å². The largest absolute Gasteiger partial charge is 0.463 e. The number of ether oxygens (including phenoxy) is 2. The summed E-state index contributed by atoms with van der Waals surface area (Å²) in [6.45, 7) is 3.46. The Morgan fingerprint density at radius 1 is 1.05 bits per heavy atom. The van der Waals surface area contributed by atoms with Gasteiger partial charge in [-0.2, -0.15) is 0 Å². The highest BCUT2D eigenvalue weighted by molar-refractivity contribution is 6.31. The van der Waals surface area contributed by atoms with Crippen molar-refractivity contribution in [2.24, 2.45) is 0 Å². The predicted molar refractivity (Wildman–Crippen MR) is 77.1 cm³/mol. The summed E-state index contributed by atoms with van der Waals surface area (Å²) in [4.78, 5) is 35.6. The van der Waals surface area contributed by atoms with Crippen LogP contribution in [0.3, 0.4) is 0 Å². The van der Waals surface area contributed by atoms with Crippen LogP contribution < -0.4 is 0 Å². The van der Waals surface area contributed by atoms with Gasteiger partial charge in [0.15, 0.2) is 0 Å². The van der Waals surface area contributed by atoms with Crippen LogP contribution in [0.4, 0.5) is 0 Å². The van der Waals surface area contributed by atoms with Gasteiger partial charge in [0, 0.05) is 16.7 Å². The van der Waals surface area contributed by atoms with Crippen LogP contribution in [-0.2, 0) is 19.1 Å². The third-order valence-corrected chi connectivity index (χ3v) is 2.65. The average Bonchev–Trinajstić information content (AvgIpc) is 2.45. The summed E-state index contributed by atoms with van der Waals surface area (Å²) in [6.07, 6.45) is 0.846. The summed E-state index contributed by atoms with van der Waals surface area (Å²) in [5, 5.41) is 0.457. The third-order valence-electron chi connectivity index (χ3n) is 2.40. The number of benzene rings is 1. The highest BCUT2D eigenvalue weighted by Gasteiger charge is 2.22. The lowest BCUT2D eigenvalue weighted by Crippen LogP contribution is -2.18. The van der Waals surface area contributed by atoms with Gasteiger partial charge >= 0.3 is 11.9 Å². The zero-order chi connectivity index (χ0) is 15.8. The molecule has 0 spiro atoms. The SMILES string of the molecule is CCOC(=O)/C=C(/C(=O)OCC)C(=O)c1ccc(Cl)cc1. The molecule has 1 aromatic carbocycles. The number of esters is 2. The molecule has 21 heavy (non-hydrogen) atoms. The summed E-state index contributed by atoms with van der Waals surface area (Å²) >= 11 is 5.74. The molecule has 0 saturated carbocycles. The van der Waals surface area contributed by atoms with Crippen LogP contribution in [0.2, 0.25) is 5.02 Å². The van der Waals surface area contributed by atoms with Crippen molar-refractivity contribution in [3.05, 3.63) is 46.5 Å². The first-order valence-electron chi connectivity index (χ1n) is 6.35. The molecule has 6 heteroatoms. The van der Waals surface area contributed by atoms with Crippen molar-refractivity contribution in [1.82, 2.24) is 0 Å². The molecular formula is C15H15ClO5. The average molecular weight is 311 g/mol. The first-order valence-corrected chi connectivity index (χ1v) is 6.73. The molecule has 0 heterocycles. The van der Waals surface area contributed by atoms with Crippen LogP contribution in [0.5, 0.6) is 0 Å². The van der Waals surface area contributed by atoms with Crippen LogP contribution >= 0.6 is 11.6 Å². The highest BCUT2D eigenvalue weighted by Crippen LogP contribution is 2.14. The molecule has 0 N–H and O–H groups in total. The molecular weight excluding hydrogens is 296 g/mol. The zero-order valence-corrected chi connectivity index (χ0v) is 12.5. The van der Waals surface area contributed by atoms with Gasteiger partial charge in [0.2, 0.25) is 5.78 Å². The van der Waals surface area contributed by atoms with E-state index in [1.54, 1.807) is 13.8 Å². The smallest absolute Gasteiger partial charge is 0.342 e. The quantitative estimate of drug-likeness (QED) is 0.265. The Hall–Kier alpha value is -2.14. The van der Waals surface area contributed by atoms with Crippen molar-refractivity contribution in [1.29, 1.82) is 0 Å². The Balaban J connectivity index is 3.11. The Morgan fingerprint density at radius 2 is 1.62 bits per heavy atom. The lowest BCUT2D eigenvalue weighted by molar-refractivity contribution is -0.140. The van der Waals surface area contributed by atoms with Crippen LogP contribution in [0.25, 0.3) is 0 Å². The topological polar surface area (TPSA) is 69.7 Å².